The molecule has 1 saturated heterocycles. The highest BCUT2D eigenvalue weighted by Gasteiger charge is 2.44. The van der Waals surface area contributed by atoms with Gasteiger partial charge in [0.2, 0.25) is 0 Å². The Bertz CT molecular complexity index is 379. The summed E-state index contributed by atoms with van der Waals surface area (Å²) in [5, 5.41) is 0. The zero-order valence-corrected chi connectivity index (χ0v) is 11.4. The van der Waals surface area contributed by atoms with E-state index in [2.05, 4.69) is 46.0 Å². The predicted octanol–water partition coefficient (Wildman–Crippen LogP) is 4.14. The Labute approximate surface area is 106 Å². The molecular weight excluding hydrogens is 262 g/mol. The summed E-state index contributed by atoms with van der Waals surface area (Å²) in [4.78, 5) is 2.53. The number of aryl methyl sites for hydroxylation is 1. The summed E-state index contributed by atoms with van der Waals surface area (Å²) in [7, 11) is 0. The zero-order valence-electron chi connectivity index (χ0n) is 9.80. The summed E-state index contributed by atoms with van der Waals surface area (Å²) in [5.74, 6) is 0. The zero-order chi connectivity index (χ0) is 11.2. The maximum Gasteiger partial charge on any atom is 0.0380 e. The topological polar surface area (TPSA) is 3.24 Å². The van der Waals surface area contributed by atoms with Gasteiger partial charge in [-0.2, -0.15) is 0 Å². The second kappa shape index (κ2) is 3.76. The van der Waals surface area contributed by atoms with Gasteiger partial charge in [-0.1, -0.05) is 28.8 Å². The number of halogens is 1. The Balaban J connectivity index is 1.75. The van der Waals surface area contributed by atoms with Crippen molar-refractivity contribution in [1.82, 2.24) is 0 Å². The van der Waals surface area contributed by atoms with Gasteiger partial charge in [-0.15, -0.1) is 0 Å². The fraction of sp³-hybridized carbons (Fsp3) is 0.571. The molecule has 86 valence electrons. The van der Waals surface area contributed by atoms with Gasteiger partial charge in [0.1, 0.15) is 0 Å². The normalized spacial score (nSPS) is 22.5. The Hall–Kier alpha value is -0.500. The molecule has 1 aromatic carbocycles. The van der Waals surface area contributed by atoms with Crippen LogP contribution in [0, 0.1) is 12.3 Å². The van der Waals surface area contributed by atoms with Crippen molar-refractivity contribution >= 4 is 21.6 Å². The van der Waals surface area contributed by atoms with E-state index in [1.54, 1.807) is 0 Å². The average Bonchev–Trinajstić information content (AvgIpc) is 2.61. The lowest BCUT2D eigenvalue weighted by atomic mass is 9.78. The van der Waals surface area contributed by atoms with Crippen LogP contribution in [0.1, 0.15) is 31.2 Å². The van der Waals surface area contributed by atoms with Crippen molar-refractivity contribution in [2.75, 3.05) is 18.0 Å². The number of benzene rings is 1. The Morgan fingerprint density at radius 2 is 1.81 bits per heavy atom. The van der Waals surface area contributed by atoms with E-state index in [0.29, 0.717) is 5.41 Å². The molecule has 0 N–H and O–H groups in total. The molecular formula is C14H18BrN. The molecule has 0 bridgehead atoms. The van der Waals surface area contributed by atoms with Crippen molar-refractivity contribution in [3.8, 4) is 0 Å². The number of hydrogen-bond donors (Lipinski definition) is 0. The van der Waals surface area contributed by atoms with Gasteiger partial charge in [0, 0.05) is 28.7 Å². The number of rotatable bonds is 1. The molecule has 1 aliphatic heterocycles. The molecule has 0 amide bonds. The SMILES string of the molecule is Cc1cc(Br)cc(N2CC3(CCCC3)C2)c1. The Morgan fingerprint density at radius 3 is 2.44 bits per heavy atom. The molecule has 1 saturated carbocycles. The highest BCUT2D eigenvalue weighted by atomic mass is 79.9. The quantitative estimate of drug-likeness (QED) is 0.747. The van der Waals surface area contributed by atoms with Crippen LogP contribution in [0.25, 0.3) is 0 Å². The molecule has 2 heteroatoms. The van der Waals surface area contributed by atoms with Crippen LogP contribution in [0.2, 0.25) is 0 Å². The smallest absolute Gasteiger partial charge is 0.0380 e. The number of anilines is 1. The van der Waals surface area contributed by atoms with Crippen LogP contribution in [0.3, 0.4) is 0 Å². The van der Waals surface area contributed by atoms with E-state index in [-0.39, 0.29) is 0 Å². The van der Waals surface area contributed by atoms with Gasteiger partial charge in [-0.3, -0.25) is 0 Å². The monoisotopic (exact) mass is 279 g/mol. The van der Waals surface area contributed by atoms with Crippen LogP contribution in [0.5, 0.6) is 0 Å². The van der Waals surface area contributed by atoms with Gasteiger partial charge in [0.25, 0.3) is 0 Å². The van der Waals surface area contributed by atoms with E-state index in [4.69, 9.17) is 0 Å². The molecule has 1 heterocycles. The van der Waals surface area contributed by atoms with Crippen LogP contribution < -0.4 is 4.90 Å². The third-order valence-electron chi connectivity index (χ3n) is 4.11. The predicted molar refractivity (Wildman–Crippen MR) is 72.0 cm³/mol. The van der Waals surface area contributed by atoms with Crippen molar-refractivity contribution < 1.29 is 0 Å². The van der Waals surface area contributed by atoms with Crippen molar-refractivity contribution in [2.45, 2.75) is 32.6 Å². The maximum absolute atomic E-state index is 3.58. The summed E-state index contributed by atoms with van der Waals surface area (Å²) in [5.41, 5.74) is 3.43. The summed E-state index contributed by atoms with van der Waals surface area (Å²) in [6, 6.07) is 6.72. The third kappa shape index (κ3) is 1.77. The van der Waals surface area contributed by atoms with Crippen molar-refractivity contribution in [3.63, 3.8) is 0 Å². The standard InChI is InChI=1S/C14H18BrN/c1-11-6-12(15)8-13(7-11)16-9-14(10-16)4-2-3-5-14/h6-8H,2-5,9-10H2,1H3. The highest BCUT2D eigenvalue weighted by Crippen LogP contribution is 2.47. The van der Waals surface area contributed by atoms with E-state index in [9.17, 15) is 0 Å². The molecule has 3 rings (SSSR count). The maximum atomic E-state index is 3.58. The van der Waals surface area contributed by atoms with E-state index >= 15 is 0 Å². The van der Waals surface area contributed by atoms with Gasteiger partial charge in [0.05, 0.1) is 0 Å². The minimum absolute atomic E-state index is 0.691. The molecule has 1 aromatic rings. The largest absolute Gasteiger partial charge is 0.370 e. The van der Waals surface area contributed by atoms with Crippen LogP contribution >= 0.6 is 15.9 Å². The van der Waals surface area contributed by atoms with Crippen LogP contribution in [0.15, 0.2) is 22.7 Å². The highest BCUT2D eigenvalue weighted by molar-refractivity contribution is 9.10. The lowest BCUT2D eigenvalue weighted by Crippen LogP contribution is -2.55. The van der Waals surface area contributed by atoms with Crippen LogP contribution in [0.4, 0.5) is 5.69 Å². The van der Waals surface area contributed by atoms with Gasteiger partial charge in [-0.05, 0) is 43.5 Å². The van der Waals surface area contributed by atoms with E-state index < -0.39 is 0 Å². The summed E-state index contributed by atoms with van der Waals surface area (Å²) in [6.45, 7) is 4.73. The average molecular weight is 280 g/mol. The fourth-order valence-electron chi connectivity index (χ4n) is 3.29. The van der Waals surface area contributed by atoms with Crippen molar-refractivity contribution in [1.29, 1.82) is 0 Å². The first-order chi connectivity index (χ1) is 7.67. The molecule has 0 radical (unpaired) electrons. The summed E-state index contributed by atoms with van der Waals surface area (Å²) < 4.78 is 1.20. The van der Waals surface area contributed by atoms with Gasteiger partial charge < -0.3 is 4.90 Å². The molecule has 0 aromatic heterocycles. The third-order valence-corrected chi connectivity index (χ3v) is 4.57. The minimum Gasteiger partial charge on any atom is -0.370 e. The van der Waals surface area contributed by atoms with Gasteiger partial charge in [-0.25, -0.2) is 0 Å². The molecule has 2 aliphatic rings. The Kier molecular flexibility index (Phi) is 2.50. The number of hydrogen-bond acceptors (Lipinski definition) is 1. The van der Waals surface area contributed by atoms with Crippen LogP contribution in [-0.4, -0.2) is 13.1 Å². The number of nitrogens with zero attached hydrogens (tertiary/aromatic N) is 1. The molecule has 0 unspecified atom stereocenters. The van der Waals surface area contributed by atoms with E-state index in [1.807, 2.05) is 0 Å². The van der Waals surface area contributed by atoms with Crippen LogP contribution in [-0.2, 0) is 0 Å². The van der Waals surface area contributed by atoms with Crippen molar-refractivity contribution in [2.24, 2.45) is 5.41 Å². The first-order valence-electron chi connectivity index (χ1n) is 6.19. The second-order valence-corrected chi connectivity index (χ2v) is 6.47. The first-order valence-corrected chi connectivity index (χ1v) is 6.98. The minimum atomic E-state index is 0.691. The molecule has 0 atom stereocenters. The molecule has 1 nitrogen and oxygen atoms in total. The lowest BCUT2D eigenvalue weighted by Gasteiger charge is -2.50. The van der Waals surface area contributed by atoms with Gasteiger partial charge >= 0.3 is 0 Å². The fourth-order valence-corrected chi connectivity index (χ4v) is 3.88. The molecule has 16 heavy (non-hydrogen) atoms. The summed E-state index contributed by atoms with van der Waals surface area (Å²) >= 11 is 3.58. The van der Waals surface area contributed by atoms with E-state index in [0.717, 1.165) is 0 Å². The molecule has 2 fully saturated rings. The Morgan fingerprint density at radius 1 is 1.12 bits per heavy atom. The summed E-state index contributed by atoms with van der Waals surface area (Å²) in [6.07, 6.45) is 5.81. The van der Waals surface area contributed by atoms with Gasteiger partial charge in [0.15, 0.2) is 0 Å². The first kappa shape index (κ1) is 10.6. The second-order valence-electron chi connectivity index (χ2n) is 5.55. The van der Waals surface area contributed by atoms with Crippen molar-refractivity contribution in [3.05, 3.63) is 28.2 Å². The molecule has 1 aliphatic carbocycles. The lowest BCUT2D eigenvalue weighted by molar-refractivity contribution is 0.222. The molecule has 1 spiro atoms. The van der Waals surface area contributed by atoms with E-state index in [1.165, 1.54) is 54.5 Å².